The van der Waals surface area contributed by atoms with Crippen LogP contribution in [0.5, 0.6) is 0 Å². The maximum Gasteiger partial charge on any atom is 0.125 e. The van der Waals surface area contributed by atoms with Crippen LogP contribution in [0.25, 0.3) is 0 Å². The van der Waals surface area contributed by atoms with Gasteiger partial charge in [0.1, 0.15) is 5.82 Å². The van der Waals surface area contributed by atoms with Gasteiger partial charge in [0.2, 0.25) is 0 Å². The summed E-state index contributed by atoms with van der Waals surface area (Å²) in [5.41, 5.74) is 6.86. The second-order valence-corrected chi connectivity index (χ2v) is 3.51. The lowest BCUT2D eigenvalue weighted by molar-refractivity contribution is 0.0410. The van der Waals surface area contributed by atoms with E-state index in [-0.39, 0.29) is 5.82 Å². The van der Waals surface area contributed by atoms with E-state index in [4.69, 9.17) is 15.2 Å². The molecule has 1 aromatic rings. The van der Waals surface area contributed by atoms with Gasteiger partial charge in [-0.25, -0.2) is 4.39 Å². The fraction of sp³-hybridized carbons (Fsp3) is 0.500. The number of benzene rings is 1. The van der Waals surface area contributed by atoms with Crippen LogP contribution < -0.4 is 5.73 Å². The number of rotatable bonds is 7. The molecule has 1 aromatic carbocycles. The summed E-state index contributed by atoms with van der Waals surface area (Å²) in [5.74, 6) is -0.326. The second kappa shape index (κ2) is 7.19. The standard InChI is InChI=1S/C12H18FNO2/c1-2-5-15-6-7-16-9-10-3-4-11(13)8-12(10)14/h3-4,8H,2,5-7,9,14H2,1H3. The minimum atomic E-state index is -0.326. The Kier molecular flexibility index (Phi) is 5.82. The lowest BCUT2D eigenvalue weighted by atomic mass is 10.2. The van der Waals surface area contributed by atoms with E-state index in [0.29, 0.717) is 25.5 Å². The first kappa shape index (κ1) is 12.9. The van der Waals surface area contributed by atoms with Gasteiger partial charge in [-0.2, -0.15) is 0 Å². The molecule has 16 heavy (non-hydrogen) atoms. The van der Waals surface area contributed by atoms with E-state index in [9.17, 15) is 4.39 Å². The van der Waals surface area contributed by atoms with Crippen LogP contribution in [0.15, 0.2) is 18.2 Å². The van der Waals surface area contributed by atoms with Gasteiger partial charge in [-0.05, 0) is 18.6 Å². The van der Waals surface area contributed by atoms with Crippen LogP contribution in [-0.4, -0.2) is 19.8 Å². The fourth-order valence-electron chi connectivity index (χ4n) is 1.24. The number of halogens is 1. The first-order chi connectivity index (χ1) is 7.74. The van der Waals surface area contributed by atoms with Crippen molar-refractivity contribution < 1.29 is 13.9 Å². The normalized spacial score (nSPS) is 10.6. The Labute approximate surface area is 95.4 Å². The van der Waals surface area contributed by atoms with Crippen molar-refractivity contribution in [2.24, 2.45) is 0 Å². The molecule has 0 unspecified atom stereocenters. The van der Waals surface area contributed by atoms with Crippen LogP contribution in [0.4, 0.5) is 10.1 Å². The molecule has 2 N–H and O–H groups in total. The molecule has 0 heterocycles. The molecule has 4 heteroatoms. The van der Waals surface area contributed by atoms with Crippen LogP contribution in [0.2, 0.25) is 0 Å². The SMILES string of the molecule is CCCOCCOCc1ccc(F)cc1N. The van der Waals surface area contributed by atoms with E-state index in [2.05, 4.69) is 6.92 Å². The molecule has 90 valence electrons. The summed E-state index contributed by atoms with van der Waals surface area (Å²) in [5, 5.41) is 0. The molecule has 3 nitrogen and oxygen atoms in total. The molecular formula is C12H18FNO2. The molecule has 1 rings (SSSR count). The fourth-order valence-corrected chi connectivity index (χ4v) is 1.24. The third kappa shape index (κ3) is 4.59. The molecule has 0 aromatic heterocycles. The molecule has 0 bridgehead atoms. The van der Waals surface area contributed by atoms with Gasteiger partial charge in [-0.1, -0.05) is 13.0 Å². The lowest BCUT2D eigenvalue weighted by Gasteiger charge is -2.07. The molecule has 0 radical (unpaired) electrons. The quantitative estimate of drug-likeness (QED) is 0.574. The summed E-state index contributed by atoms with van der Waals surface area (Å²) in [6.45, 7) is 4.30. The largest absolute Gasteiger partial charge is 0.398 e. The highest BCUT2D eigenvalue weighted by Gasteiger charge is 2.00. The maximum atomic E-state index is 12.7. The zero-order valence-corrected chi connectivity index (χ0v) is 9.54. The monoisotopic (exact) mass is 227 g/mol. The number of nitrogens with two attached hydrogens (primary N) is 1. The highest BCUT2D eigenvalue weighted by molar-refractivity contribution is 5.46. The van der Waals surface area contributed by atoms with Gasteiger partial charge >= 0.3 is 0 Å². The number of nitrogen functional groups attached to an aromatic ring is 1. The van der Waals surface area contributed by atoms with Crippen molar-refractivity contribution in [1.29, 1.82) is 0 Å². The van der Waals surface area contributed by atoms with Crippen molar-refractivity contribution in [3.05, 3.63) is 29.6 Å². The predicted octanol–water partition coefficient (Wildman–Crippen LogP) is 2.35. The minimum absolute atomic E-state index is 0.326. The number of ether oxygens (including phenoxy) is 2. The summed E-state index contributed by atoms with van der Waals surface area (Å²) in [6, 6.07) is 4.31. The van der Waals surface area contributed by atoms with Gasteiger partial charge in [0.25, 0.3) is 0 Å². The third-order valence-electron chi connectivity index (χ3n) is 2.09. The molecule has 0 atom stereocenters. The van der Waals surface area contributed by atoms with E-state index < -0.39 is 0 Å². The Bertz CT molecular complexity index is 318. The van der Waals surface area contributed by atoms with Gasteiger partial charge in [-0.15, -0.1) is 0 Å². The van der Waals surface area contributed by atoms with Crippen molar-refractivity contribution in [2.45, 2.75) is 20.0 Å². The summed E-state index contributed by atoms with van der Waals surface area (Å²) in [6.07, 6.45) is 1.00. The first-order valence-electron chi connectivity index (χ1n) is 5.43. The second-order valence-electron chi connectivity index (χ2n) is 3.51. The Hall–Kier alpha value is -1.13. The zero-order valence-electron chi connectivity index (χ0n) is 9.54. The molecule has 0 saturated heterocycles. The Morgan fingerprint density at radius 3 is 2.62 bits per heavy atom. The Balaban J connectivity index is 2.21. The average molecular weight is 227 g/mol. The molecule has 0 aliphatic rings. The van der Waals surface area contributed by atoms with Crippen molar-refractivity contribution in [1.82, 2.24) is 0 Å². The van der Waals surface area contributed by atoms with Crippen molar-refractivity contribution in [3.63, 3.8) is 0 Å². The average Bonchev–Trinajstić information content (AvgIpc) is 2.26. The van der Waals surface area contributed by atoms with Gasteiger partial charge in [0.15, 0.2) is 0 Å². The van der Waals surface area contributed by atoms with Gasteiger partial charge in [0, 0.05) is 17.9 Å². The van der Waals surface area contributed by atoms with Crippen LogP contribution in [0, 0.1) is 5.82 Å². The highest BCUT2D eigenvalue weighted by atomic mass is 19.1. The third-order valence-corrected chi connectivity index (χ3v) is 2.09. The molecule has 0 aliphatic carbocycles. The highest BCUT2D eigenvalue weighted by Crippen LogP contribution is 2.14. The Morgan fingerprint density at radius 1 is 1.19 bits per heavy atom. The van der Waals surface area contributed by atoms with Crippen molar-refractivity contribution >= 4 is 5.69 Å². The summed E-state index contributed by atoms with van der Waals surface area (Å²) < 4.78 is 23.3. The molecule has 0 aliphatic heterocycles. The molecule has 0 fully saturated rings. The first-order valence-corrected chi connectivity index (χ1v) is 5.43. The minimum Gasteiger partial charge on any atom is -0.398 e. The number of anilines is 1. The van der Waals surface area contributed by atoms with E-state index in [1.54, 1.807) is 6.07 Å². The van der Waals surface area contributed by atoms with Crippen LogP contribution in [-0.2, 0) is 16.1 Å². The smallest absolute Gasteiger partial charge is 0.125 e. The van der Waals surface area contributed by atoms with E-state index in [1.165, 1.54) is 12.1 Å². The topological polar surface area (TPSA) is 44.5 Å². The molecular weight excluding hydrogens is 209 g/mol. The van der Waals surface area contributed by atoms with Crippen LogP contribution in [0.3, 0.4) is 0 Å². The molecule has 0 spiro atoms. The van der Waals surface area contributed by atoms with Gasteiger partial charge < -0.3 is 15.2 Å². The van der Waals surface area contributed by atoms with Crippen molar-refractivity contribution in [3.8, 4) is 0 Å². The van der Waals surface area contributed by atoms with E-state index in [1.807, 2.05) is 0 Å². The van der Waals surface area contributed by atoms with Gasteiger partial charge in [0.05, 0.1) is 19.8 Å². The van der Waals surface area contributed by atoms with E-state index in [0.717, 1.165) is 18.6 Å². The number of hydrogen-bond donors (Lipinski definition) is 1. The predicted molar refractivity (Wildman–Crippen MR) is 61.6 cm³/mol. The van der Waals surface area contributed by atoms with Crippen molar-refractivity contribution in [2.75, 3.05) is 25.6 Å². The van der Waals surface area contributed by atoms with Crippen LogP contribution in [0.1, 0.15) is 18.9 Å². The molecule has 0 amide bonds. The maximum absolute atomic E-state index is 12.7. The summed E-state index contributed by atoms with van der Waals surface area (Å²) >= 11 is 0. The lowest BCUT2D eigenvalue weighted by Crippen LogP contribution is -2.06. The summed E-state index contributed by atoms with van der Waals surface area (Å²) in [4.78, 5) is 0. The zero-order chi connectivity index (χ0) is 11.8. The van der Waals surface area contributed by atoms with E-state index >= 15 is 0 Å². The molecule has 0 saturated carbocycles. The Morgan fingerprint density at radius 2 is 1.94 bits per heavy atom. The summed E-state index contributed by atoms with van der Waals surface area (Å²) in [7, 11) is 0. The number of hydrogen-bond acceptors (Lipinski definition) is 3. The van der Waals surface area contributed by atoms with Gasteiger partial charge in [-0.3, -0.25) is 0 Å². The van der Waals surface area contributed by atoms with Crippen LogP contribution >= 0.6 is 0 Å².